The van der Waals surface area contributed by atoms with Crippen molar-refractivity contribution in [2.45, 2.75) is 57.7 Å². The number of rotatable bonds is 4. The quantitative estimate of drug-likeness (QED) is 0.742. The first-order chi connectivity index (χ1) is 8.41. The summed E-state index contributed by atoms with van der Waals surface area (Å²) in [6, 6.07) is 0.222. The summed E-state index contributed by atoms with van der Waals surface area (Å²) in [5.74, 6) is -0.0304. The standard InChI is InChI=1S/C14H24N2O2/c1-4-18-11-9-14(15,13(11,2)3)12(17)16-10-7-5-6-8-10/h5-6,10-11H,4,7-9,15H2,1-3H3,(H,16,17). The Hall–Kier alpha value is -0.870. The molecule has 0 spiro atoms. The number of nitrogens with two attached hydrogens (primary N) is 1. The number of ether oxygens (including phenoxy) is 1. The van der Waals surface area contributed by atoms with Gasteiger partial charge in [-0.15, -0.1) is 0 Å². The molecule has 102 valence electrons. The third-order valence-corrected chi connectivity index (χ3v) is 4.58. The van der Waals surface area contributed by atoms with Gasteiger partial charge in [-0.05, 0) is 19.8 Å². The van der Waals surface area contributed by atoms with Gasteiger partial charge in [-0.25, -0.2) is 0 Å². The third-order valence-electron chi connectivity index (χ3n) is 4.58. The molecule has 4 nitrogen and oxygen atoms in total. The summed E-state index contributed by atoms with van der Waals surface area (Å²) in [4.78, 5) is 12.3. The monoisotopic (exact) mass is 252 g/mol. The van der Waals surface area contributed by atoms with E-state index in [9.17, 15) is 4.79 Å². The van der Waals surface area contributed by atoms with Gasteiger partial charge in [-0.2, -0.15) is 0 Å². The Morgan fingerprint density at radius 2 is 2.06 bits per heavy atom. The van der Waals surface area contributed by atoms with E-state index in [4.69, 9.17) is 10.5 Å². The molecule has 0 heterocycles. The molecule has 2 aliphatic rings. The van der Waals surface area contributed by atoms with Crippen LogP contribution in [0.5, 0.6) is 0 Å². The number of hydrogen-bond acceptors (Lipinski definition) is 3. The molecule has 3 N–H and O–H groups in total. The maximum atomic E-state index is 12.3. The molecule has 2 aliphatic carbocycles. The van der Waals surface area contributed by atoms with Crippen molar-refractivity contribution in [3.63, 3.8) is 0 Å². The molecule has 0 aromatic heterocycles. The van der Waals surface area contributed by atoms with E-state index >= 15 is 0 Å². The second-order valence-corrected chi connectivity index (χ2v) is 5.95. The molecule has 0 aromatic carbocycles. The number of carbonyl (C=O) groups excluding carboxylic acids is 1. The lowest BCUT2D eigenvalue weighted by atomic mass is 9.54. The average molecular weight is 252 g/mol. The van der Waals surface area contributed by atoms with Gasteiger partial charge in [0.15, 0.2) is 0 Å². The minimum Gasteiger partial charge on any atom is -0.378 e. The Morgan fingerprint density at radius 1 is 1.44 bits per heavy atom. The second-order valence-electron chi connectivity index (χ2n) is 5.95. The molecule has 2 atom stereocenters. The first-order valence-electron chi connectivity index (χ1n) is 6.78. The van der Waals surface area contributed by atoms with Crippen LogP contribution in [0.1, 0.15) is 40.0 Å². The zero-order chi connectivity index (χ0) is 13.4. The molecular formula is C14H24N2O2. The van der Waals surface area contributed by atoms with Gasteiger partial charge < -0.3 is 15.8 Å². The summed E-state index contributed by atoms with van der Waals surface area (Å²) in [6.45, 7) is 6.67. The minimum atomic E-state index is -0.796. The highest BCUT2D eigenvalue weighted by atomic mass is 16.5. The molecule has 1 saturated carbocycles. The zero-order valence-corrected chi connectivity index (χ0v) is 11.5. The topological polar surface area (TPSA) is 64.3 Å². The molecule has 2 rings (SSSR count). The Kier molecular flexibility index (Phi) is 3.52. The van der Waals surface area contributed by atoms with Crippen molar-refractivity contribution in [2.75, 3.05) is 6.61 Å². The molecule has 0 aromatic rings. The second kappa shape index (κ2) is 4.67. The van der Waals surface area contributed by atoms with Gasteiger partial charge in [0.2, 0.25) is 5.91 Å². The van der Waals surface area contributed by atoms with Crippen LogP contribution in [0.3, 0.4) is 0 Å². The third kappa shape index (κ3) is 1.97. The van der Waals surface area contributed by atoms with Crippen LogP contribution in [-0.2, 0) is 9.53 Å². The SMILES string of the molecule is CCOC1CC(N)(C(=O)NC2CC=CC2)C1(C)C. The smallest absolute Gasteiger partial charge is 0.241 e. The van der Waals surface area contributed by atoms with Gasteiger partial charge in [0.05, 0.1) is 6.10 Å². The number of amides is 1. The fourth-order valence-electron chi connectivity index (χ4n) is 2.87. The van der Waals surface area contributed by atoms with Gasteiger partial charge >= 0.3 is 0 Å². The van der Waals surface area contributed by atoms with Crippen molar-refractivity contribution in [3.8, 4) is 0 Å². The highest BCUT2D eigenvalue weighted by molar-refractivity contribution is 5.89. The highest BCUT2D eigenvalue weighted by Crippen LogP contribution is 2.49. The molecule has 1 fully saturated rings. The largest absolute Gasteiger partial charge is 0.378 e. The summed E-state index contributed by atoms with van der Waals surface area (Å²) in [5.41, 5.74) is 5.21. The molecule has 0 aliphatic heterocycles. The van der Waals surface area contributed by atoms with Crippen LogP contribution in [0.15, 0.2) is 12.2 Å². The van der Waals surface area contributed by atoms with Crippen molar-refractivity contribution in [1.29, 1.82) is 0 Å². The van der Waals surface area contributed by atoms with Gasteiger partial charge in [-0.1, -0.05) is 26.0 Å². The molecule has 0 saturated heterocycles. The van der Waals surface area contributed by atoms with Crippen LogP contribution < -0.4 is 11.1 Å². The number of hydrogen-bond donors (Lipinski definition) is 2. The summed E-state index contributed by atoms with van der Waals surface area (Å²) in [7, 11) is 0. The predicted octanol–water partition coefficient (Wildman–Crippen LogP) is 1.35. The van der Waals surface area contributed by atoms with Crippen LogP contribution in [0, 0.1) is 5.41 Å². The molecule has 2 unspecified atom stereocenters. The van der Waals surface area contributed by atoms with E-state index < -0.39 is 5.54 Å². The van der Waals surface area contributed by atoms with Gasteiger partial charge in [0.25, 0.3) is 0 Å². The van der Waals surface area contributed by atoms with Crippen molar-refractivity contribution < 1.29 is 9.53 Å². The van der Waals surface area contributed by atoms with E-state index in [1.807, 2.05) is 20.8 Å². The molecular weight excluding hydrogens is 228 g/mol. The van der Waals surface area contributed by atoms with Crippen molar-refractivity contribution in [2.24, 2.45) is 11.1 Å². The van der Waals surface area contributed by atoms with Crippen molar-refractivity contribution in [3.05, 3.63) is 12.2 Å². The summed E-state index contributed by atoms with van der Waals surface area (Å²) in [5, 5.41) is 3.06. The van der Waals surface area contributed by atoms with Crippen LogP contribution in [-0.4, -0.2) is 30.2 Å². The van der Waals surface area contributed by atoms with E-state index in [-0.39, 0.29) is 23.5 Å². The molecule has 4 heteroatoms. The Bertz CT molecular complexity index is 357. The van der Waals surface area contributed by atoms with Crippen LogP contribution in [0.2, 0.25) is 0 Å². The van der Waals surface area contributed by atoms with Crippen molar-refractivity contribution >= 4 is 5.91 Å². The highest BCUT2D eigenvalue weighted by Gasteiger charge is 2.62. The van der Waals surface area contributed by atoms with Crippen LogP contribution in [0.4, 0.5) is 0 Å². The fraction of sp³-hybridized carbons (Fsp3) is 0.786. The van der Waals surface area contributed by atoms with Gasteiger partial charge in [0.1, 0.15) is 5.54 Å². The van der Waals surface area contributed by atoms with Gasteiger partial charge in [0, 0.05) is 24.5 Å². The minimum absolute atomic E-state index is 0.0304. The average Bonchev–Trinajstić information content (AvgIpc) is 2.81. The van der Waals surface area contributed by atoms with Crippen LogP contribution >= 0.6 is 0 Å². The van der Waals surface area contributed by atoms with E-state index in [0.29, 0.717) is 13.0 Å². The molecule has 0 radical (unpaired) electrons. The number of carbonyl (C=O) groups is 1. The Balaban J connectivity index is 1.97. The van der Waals surface area contributed by atoms with E-state index in [1.54, 1.807) is 0 Å². The summed E-state index contributed by atoms with van der Waals surface area (Å²) < 4.78 is 5.64. The van der Waals surface area contributed by atoms with E-state index in [1.165, 1.54) is 0 Å². The molecule has 18 heavy (non-hydrogen) atoms. The van der Waals surface area contributed by atoms with Crippen LogP contribution in [0.25, 0.3) is 0 Å². The first kappa shape index (κ1) is 13.6. The maximum Gasteiger partial charge on any atom is 0.241 e. The Labute approximate surface area is 109 Å². The summed E-state index contributed by atoms with van der Waals surface area (Å²) in [6.07, 6.45) is 6.72. The normalized spacial score (nSPS) is 34.3. The lowest BCUT2D eigenvalue weighted by Gasteiger charge is -2.57. The predicted molar refractivity (Wildman–Crippen MR) is 71.0 cm³/mol. The lowest BCUT2D eigenvalue weighted by molar-refractivity contribution is -0.171. The molecule has 0 bridgehead atoms. The number of nitrogens with one attached hydrogen (secondary N) is 1. The first-order valence-corrected chi connectivity index (χ1v) is 6.78. The fourth-order valence-corrected chi connectivity index (χ4v) is 2.87. The zero-order valence-electron chi connectivity index (χ0n) is 11.5. The summed E-state index contributed by atoms with van der Waals surface area (Å²) >= 11 is 0. The maximum absolute atomic E-state index is 12.3. The van der Waals surface area contributed by atoms with Crippen molar-refractivity contribution in [1.82, 2.24) is 5.32 Å². The van der Waals surface area contributed by atoms with E-state index in [0.717, 1.165) is 12.8 Å². The lowest BCUT2D eigenvalue weighted by Crippen LogP contribution is -2.76. The molecule has 1 amide bonds. The van der Waals surface area contributed by atoms with E-state index in [2.05, 4.69) is 17.5 Å². The Morgan fingerprint density at radius 3 is 2.56 bits per heavy atom. The van der Waals surface area contributed by atoms with Gasteiger partial charge in [-0.3, -0.25) is 4.79 Å².